The Kier molecular flexibility index (Phi) is 2.54. The van der Waals surface area contributed by atoms with Gasteiger partial charge in [-0.2, -0.15) is 4.68 Å². The van der Waals surface area contributed by atoms with Crippen LogP contribution >= 0.6 is 15.9 Å². The van der Waals surface area contributed by atoms with Crippen LogP contribution in [0.4, 0.5) is 0 Å². The summed E-state index contributed by atoms with van der Waals surface area (Å²) in [4.78, 5) is 9.20. The molecule has 0 saturated heterocycles. The van der Waals surface area contributed by atoms with Gasteiger partial charge in [0, 0.05) is 4.47 Å². The van der Waals surface area contributed by atoms with E-state index in [1.54, 1.807) is 11.0 Å². The molecule has 2 aromatic carbocycles. The van der Waals surface area contributed by atoms with Crippen LogP contribution in [0.15, 0.2) is 59.3 Å². The number of para-hydroxylation sites is 2. The fraction of sp³-hybridized carbons (Fsp3) is 0. The topological polar surface area (TPSA) is 60.9 Å². The van der Waals surface area contributed by atoms with Crippen molar-refractivity contribution in [2.24, 2.45) is 0 Å². The normalized spacial score (nSPS) is 11.7. The lowest BCUT2D eigenvalue weighted by atomic mass is 10.3. The van der Waals surface area contributed by atoms with E-state index in [-0.39, 0.29) is 0 Å². The predicted octanol–water partition coefficient (Wildman–Crippen LogP) is 3.38. The molecule has 0 N–H and O–H groups in total. The molecule has 0 atom stereocenters. The summed E-state index contributed by atoms with van der Waals surface area (Å²) in [5.41, 5.74) is 4.97. The maximum absolute atomic E-state index is 4.66. The molecule has 5 rings (SSSR count). The Balaban J connectivity index is 1.84. The second-order valence-corrected chi connectivity index (χ2v) is 6.10. The number of halogens is 1. The Morgan fingerprint density at radius 1 is 0.913 bits per heavy atom. The van der Waals surface area contributed by atoms with E-state index < -0.39 is 0 Å². The van der Waals surface area contributed by atoms with Gasteiger partial charge in [-0.1, -0.05) is 33.3 Å². The van der Waals surface area contributed by atoms with Gasteiger partial charge in [0.05, 0.1) is 16.7 Å². The highest BCUT2D eigenvalue weighted by molar-refractivity contribution is 9.10. The van der Waals surface area contributed by atoms with Gasteiger partial charge in [-0.15, -0.1) is 5.10 Å². The lowest BCUT2D eigenvalue weighted by molar-refractivity contribution is 0.817. The summed E-state index contributed by atoms with van der Waals surface area (Å²) in [6.45, 7) is 0. The number of rotatable bonds is 1. The zero-order chi connectivity index (χ0) is 15.4. The van der Waals surface area contributed by atoms with E-state index in [2.05, 4.69) is 36.2 Å². The van der Waals surface area contributed by atoms with Crippen LogP contribution in [0.3, 0.4) is 0 Å². The predicted molar refractivity (Wildman–Crippen MR) is 90.6 cm³/mol. The molecule has 3 heterocycles. The van der Waals surface area contributed by atoms with Crippen LogP contribution in [0.5, 0.6) is 0 Å². The number of nitrogens with zero attached hydrogens (tertiary/aromatic N) is 6. The van der Waals surface area contributed by atoms with Gasteiger partial charge in [0.15, 0.2) is 16.8 Å². The minimum atomic E-state index is 0.687. The summed E-state index contributed by atoms with van der Waals surface area (Å²) in [7, 11) is 0. The first kappa shape index (κ1) is 12.7. The smallest absolute Gasteiger partial charge is 0.188 e. The number of fused-ring (bicyclic) bond motifs is 5. The molecule has 6 nitrogen and oxygen atoms in total. The van der Waals surface area contributed by atoms with Crippen LogP contribution in [0.1, 0.15) is 0 Å². The SMILES string of the molecule is Brc1ccc(-n2nnc3c2ncn2c4ccccc4nc32)cc1. The Morgan fingerprint density at radius 2 is 1.74 bits per heavy atom. The summed E-state index contributed by atoms with van der Waals surface area (Å²) in [5.74, 6) is 0. The number of aromatic nitrogens is 6. The maximum atomic E-state index is 4.66. The first-order valence-corrected chi connectivity index (χ1v) is 7.84. The van der Waals surface area contributed by atoms with Crippen LogP contribution < -0.4 is 0 Å². The van der Waals surface area contributed by atoms with Gasteiger partial charge in [-0.25, -0.2) is 9.97 Å². The summed E-state index contributed by atoms with van der Waals surface area (Å²) in [6, 6.07) is 15.8. The molecule has 5 aromatic rings. The average molecular weight is 365 g/mol. The highest BCUT2D eigenvalue weighted by Gasteiger charge is 2.14. The molecule has 23 heavy (non-hydrogen) atoms. The summed E-state index contributed by atoms with van der Waals surface area (Å²) < 4.78 is 4.68. The van der Waals surface area contributed by atoms with E-state index in [0.29, 0.717) is 11.2 Å². The van der Waals surface area contributed by atoms with Gasteiger partial charge in [0.2, 0.25) is 0 Å². The lowest BCUT2D eigenvalue weighted by Gasteiger charge is -2.01. The zero-order valence-electron chi connectivity index (χ0n) is 11.8. The third-order valence-corrected chi connectivity index (χ3v) is 4.35. The van der Waals surface area contributed by atoms with Crippen LogP contribution in [-0.4, -0.2) is 29.4 Å². The molecule has 0 aliphatic carbocycles. The Bertz CT molecular complexity index is 1170. The van der Waals surface area contributed by atoms with Gasteiger partial charge < -0.3 is 0 Å². The quantitative estimate of drug-likeness (QED) is 0.457. The van der Waals surface area contributed by atoms with Crippen molar-refractivity contribution < 1.29 is 0 Å². The second-order valence-electron chi connectivity index (χ2n) is 5.19. The fourth-order valence-corrected chi connectivity index (χ4v) is 3.00. The third-order valence-electron chi connectivity index (χ3n) is 3.82. The molecule has 0 saturated carbocycles. The molecule has 7 heteroatoms. The molecule has 110 valence electrons. The number of hydrogen-bond acceptors (Lipinski definition) is 4. The van der Waals surface area contributed by atoms with Crippen LogP contribution in [0.25, 0.3) is 33.5 Å². The van der Waals surface area contributed by atoms with E-state index in [0.717, 1.165) is 26.8 Å². The molecular weight excluding hydrogens is 356 g/mol. The van der Waals surface area contributed by atoms with Gasteiger partial charge in [-0.05, 0) is 36.4 Å². The van der Waals surface area contributed by atoms with Gasteiger partial charge in [0.1, 0.15) is 6.33 Å². The third kappa shape index (κ3) is 1.80. The number of imidazole rings is 1. The molecule has 3 aromatic heterocycles. The lowest BCUT2D eigenvalue weighted by Crippen LogP contribution is -1.98. The average Bonchev–Trinajstić information content (AvgIpc) is 3.16. The summed E-state index contributed by atoms with van der Waals surface area (Å²) in [6.07, 6.45) is 1.77. The molecule has 0 fully saturated rings. The van der Waals surface area contributed by atoms with Gasteiger partial charge in [-0.3, -0.25) is 4.40 Å². The molecule has 0 aliphatic rings. The van der Waals surface area contributed by atoms with Crippen molar-refractivity contribution in [3.8, 4) is 5.69 Å². The molecule has 0 aliphatic heterocycles. The van der Waals surface area contributed by atoms with Gasteiger partial charge >= 0.3 is 0 Å². The maximum Gasteiger partial charge on any atom is 0.188 e. The minimum Gasteiger partial charge on any atom is -0.281 e. The van der Waals surface area contributed by atoms with Crippen molar-refractivity contribution in [3.05, 3.63) is 59.3 Å². The Hall–Kier alpha value is -2.80. The van der Waals surface area contributed by atoms with Crippen molar-refractivity contribution in [3.63, 3.8) is 0 Å². The van der Waals surface area contributed by atoms with Crippen molar-refractivity contribution in [2.75, 3.05) is 0 Å². The summed E-state index contributed by atoms with van der Waals surface area (Å²) >= 11 is 3.44. The molecule has 0 bridgehead atoms. The minimum absolute atomic E-state index is 0.687. The highest BCUT2D eigenvalue weighted by atomic mass is 79.9. The summed E-state index contributed by atoms with van der Waals surface area (Å²) in [5, 5.41) is 8.55. The first-order valence-electron chi connectivity index (χ1n) is 7.04. The monoisotopic (exact) mass is 364 g/mol. The molecule has 0 unspecified atom stereocenters. The number of benzene rings is 2. The fourth-order valence-electron chi connectivity index (χ4n) is 2.73. The van der Waals surface area contributed by atoms with E-state index in [9.17, 15) is 0 Å². The Morgan fingerprint density at radius 3 is 2.61 bits per heavy atom. The second kappa shape index (κ2) is 4.60. The highest BCUT2D eigenvalue weighted by Crippen LogP contribution is 2.23. The first-order chi connectivity index (χ1) is 11.3. The standard InChI is InChI=1S/C16H9BrN6/c17-10-5-7-11(8-6-10)23-15-14(20-21-23)16-19-12-3-1-2-4-13(12)22(16)9-18-15/h1-9H. The van der Waals surface area contributed by atoms with Crippen molar-refractivity contribution >= 4 is 43.8 Å². The van der Waals surface area contributed by atoms with E-state index >= 15 is 0 Å². The van der Waals surface area contributed by atoms with Crippen LogP contribution in [0, 0.1) is 0 Å². The largest absolute Gasteiger partial charge is 0.281 e. The van der Waals surface area contributed by atoms with E-state index in [1.165, 1.54) is 0 Å². The number of hydrogen-bond donors (Lipinski definition) is 0. The molecule has 0 amide bonds. The van der Waals surface area contributed by atoms with E-state index in [1.807, 2.05) is 52.9 Å². The molecule has 0 spiro atoms. The van der Waals surface area contributed by atoms with Crippen molar-refractivity contribution in [2.45, 2.75) is 0 Å². The van der Waals surface area contributed by atoms with Crippen LogP contribution in [-0.2, 0) is 0 Å². The molecule has 0 radical (unpaired) electrons. The van der Waals surface area contributed by atoms with Gasteiger partial charge in [0.25, 0.3) is 0 Å². The molecular formula is C16H9BrN6. The van der Waals surface area contributed by atoms with Crippen molar-refractivity contribution in [1.29, 1.82) is 0 Å². The van der Waals surface area contributed by atoms with Crippen LogP contribution in [0.2, 0.25) is 0 Å². The van der Waals surface area contributed by atoms with E-state index in [4.69, 9.17) is 0 Å². The Labute approximate surface area is 138 Å². The van der Waals surface area contributed by atoms with Crippen molar-refractivity contribution in [1.82, 2.24) is 29.4 Å². The zero-order valence-corrected chi connectivity index (χ0v) is 13.3.